The molecule has 0 radical (unpaired) electrons. The van der Waals surface area contributed by atoms with Crippen molar-refractivity contribution < 1.29 is 13.9 Å². The standard InChI is InChI=1S/C13H16F2O/c1-13(16,8-7-9-5-6-9)10-3-2-4-11(14)12(10)15/h2-4,9,16H,5-8H2,1H3. The fourth-order valence-electron chi connectivity index (χ4n) is 1.95. The largest absolute Gasteiger partial charge is 0.385 e. The van der Waals surface area contributed by atoms with Gasteiger partial charge in [-0.15, -0.1) is 0 Å². The summed E-state index contributed by atoms with van der Waals surface area (Å²) in [5.74, 6) is -1.16. The monoisotopic (exact) mass is 226 g/mol. The number of halogens is 2. The van der Waals surface area contributed by atoms with Crippen LogP contribution in [0.25, 0.3) is 0 Å². The summed E-state index contributed by atoms with van der Waals surface area (Å²) in [6.07, 6.45) is 3.75. The van der Waals surface area contributed by atoms with E-state index in [2.05, 4.69) is 0 Å². The second-order valence-corrected chi connectivity index (χ2v) is 4.86. The van der Waals surface area contributed by atoms with Gasteiger partial charge >= 0.3 is 0 Å². The van der Waals surface area contributed by atoms with Crippen molar-refractivity contribution in [2.75, 3.05) is 0 Å². The molecular weight excluding hydrogens is 210 g/mol. The first-order chi connectivity index (χ1) is 7.50. The minimum atomic E-state index is -1.27. The van der Waals surface area contributed by atoms with Gasteiger partial charge < -0.3 is 5.11 Å². The molecule has 0 spiro atoms. The van der Waals surface area contributed by atoms with Crippen LogP contribution >= 0.6 is 0 Å². The molecule has 1 nitrogen and oxygen atoms in total. The van der Waals surface area contributed by atoms with Crippen molar-refractivity contribution in [1.29, 1.82) is 0 Å². The summed E-state index contributed by atoms with van der Waals surface area (Å²) in [5, 5.41) is 10.2. The molecule has 0 aliphatic heterocycles. The van der Waals surface area contributed by atoms with E-state index in [0.717, 1.165) is 12.5 Å². The molecule has 1 unspecified atom stereocenters. The van der Waals surface area contributed by atoms with Crippen LogP contribution in [0.4, 0.5) is 8.78 Å². The van der Waals surface area contributed by atoms with Gasteiger partial charge in [0.2, 0.25) is 0 Å². The van der Waals surface area contributed by atoms with Crippen LogP contribution in [0.1, 0.15) is 38.2 Å². The molecule has 0 bridgehead atoms. The molecule has 1 aromatic carbocycles. The van der Waals surface area contributed by atoms with Crippen LogP contribution < -0.4 is 0 Å². The highest BCUT2D eigenvalue weighted by Gasteiger charge is 2.31. The molecule has 1 aliphatic rings. The number of aliphatic hydroxyl groups is 1. The van der Waals surface area contributed by atoms with Crippen LogP contribution in [-0.4, -0.2) is 5.11 Å². The van der Waals surface area contributed by atoms with Gasteiger partial charge in [-0.3, -0.25) is 0 Å². The maximum absolute atomic E-state index is 13.5. The second kappa shape index (κ2) is 4.13. The number of hydrogen-bond acceptors (Lipinski definition) is 1. The van der Waals surface area contributed by atoms with Gasteiger partial charge in [0.25, 0.3) is 0 Å². The molecule has 0 amide bonds. The van der Waals surface area contributed by atoms with Crippen molar-refractivity contribution in [1.82, 2.24) is 0 Å². The molecule has 1 aliphatic carbocycles. The zero-order valence-electron chi connectivity index (χ0n) is 9.34. The van der Waals surface area contributed by atoms with E-state index in [1.807, 2.05) is 0 Å². The summed E-state index contributed by atoms with van der Waals surface area (Å²) in [6.45, 7) is 1.55. The van der Waals surface area contributed by atoms with Crippen LogP contribution in [0, 0.1) is 17.6 Å². The fourth-order valence-corrected chi connectivity index (χ4v) is 1.95. The average Bonchev–Trinajstić information content (AvgIpc) is 3.03. The highest BCUT2D eigenvalue weighted by atomic mass is 19.2. The quantitative estimate of drug-likeness (QED) is 0.834. The van der Waals surface area contributed by atoms with Crippen LogP contribution in [-0.2, 0) is 5.60 Å². The third kappa shape index (κ3) is 2.40. The Labute approximate surface area is 94.1 Å². The van der Waals surface area contributed by atoms with Crippen molar-refractivity contribution >= 4 is 0 Å². The zero-order valence-corrected chi connectivity index (χ0v) is 9.34. The summed E-state index contributed by atoms with van der Waals surface area (Å²) in [7, 11) is 0. The molecule has 3 heteroatoms. The van der Waals surface area contributed by atoms with Gasteiger partial charge in [0, 0.05) is 5.56 Å². The van der Waals surface area contributed by atoms with Gasteiger partial charge in [0.15, 0.2) is 11.6 Å². The first-order valence-electron chi connectivity index (χ1n) is 5.67. The minimum absolute atomic E-state index is 0.0631. The molecule has 2 rings (SSSR count). The molecular formula is C13H16F2O. The fraction of sp³-hybridized carbons (Fsp3) is 0.538. The van der Waals surface area contributed by atoms with E-state index in [1.165, 1.54) is 25.0 Å². The Bertz CT molecular complexity index is 384. The van der Waals surface area contributed by atoms with Crippen molar-refractivity contribution in [2.24, 2.45) is 5.92 Å². The summed E-state index contributed by atoms with van der Waals surface area (Å²) < 4.78 is 26.5. The lowest BCUT2D eigenvalue weighted by molar-refractivity contribution is 0.0396. The summed E-state index contributed by atoms with van der Waals surface area (Å²) in [6, 6.07) is 3.94. The minimum Gasteiger partial charge on any atom is -0.385 e. The van der Waals surface area contributed by atoms with E-state index in [9.17, 15) is 13.9 Å². The van der Waals surface area contributed by atoms with E-state index in [0.29, 0.717) is 12.3 Å². The molecule has 1 atom stereocenters. The third-order valence-corrected chi connectivity index (χ3v) is 3.27. The van der Waals surface area contributed by atoms with E-state index < -0.39 is 17.2 Å². The Morgan fingerprint density at radius 1 is 1.38 bits per heavy atom. The molecule has 88 valence electrons. The Balaban J connectivity index is 2.16. The normalized spacial score (nSPS) is 19.5. The Hall–Kier alpha value is -0.960. The van der Waals surface area contributed by atoms with Crippen molar-refractivity contribution in [3.63, 3.8) is 0 Å². The highest BCUT2D eigenvalue weighted by molar-refractivity contribution is 5.24. The Morgan fingerprint density at radius 2 is 2.06 bits per heavy atom. The number of hydrogen-bond donors (Lipinski definition) is 1. The van der Waals surface area contributed by atoms with Gasteiger partial charge in [0.1, 0.15) is 0 Å². The second-order valence-electron chi connectivity index (χ2n) is 4.86. The van der Waals surface area contributed by atoms with E-state index in [-0.39, 0.29) is 5.56 Å². The molecule has 16 heavy (non-hydrogen) atoms. The summed E-state index contributed by atoms with van der Waals surface area (Å²) >= 11 is 0. The maximum atomic E-state index is 13.5. The smallest absolute Gasteiger partial charge is 0.164 e. The van der Waals surface area contributed by atoms with Crippen LogP contribution in [0.15, 0.2) is 18.2 Å². The van der Waals surface area contributed by atoms with Gasteiger partial charge in [-0.25, -0.2) is 8.78 Å². The lowest BCUT2D eigenvalue weighted by Crippen LogP contribution is -2.23. The van der Waals surface area contributed by atoms with Crippen molar-refractivity contribution in [2.45, 2.75) is 38.2 Å². The first kappa shape index (κ1) is 11.5. The molecule has 0 heterocycles. The maximum Gasteiger partial charge on any atom is 0.164 e. The van der Waals surface area contributed by atoms with Gasteiger partial charge in [-0.2, -0.15) is 0 Å². The Morgan fingerprint density at radius 3 is 2.69 bits per heavy atom. The van der Waals surface area contributed by atoms with E-state index in [4.69, 9.17) is 0 Å². The molecule has 0 aromatic heterocycles. The van der Waals surface area contributed by atoms with Crippen molar-refractivity contribution in [3.8, 4) is 0 Å². The van der Waals surface area contributed by atoms with Crippen LogP contribution in [0.2, 0.25) is 0 Å². The highest BCUT2D eigenvalue weighted by Crippen LogP contribution is 2.38. The SMILES string of the molecule is CC(O)(CCC1CC1)c1cccc(F)c1F. The molecule has 1 fully saturated rings. The van der Waals surface area contributed by atoms with Gasteiger partial charge in [-0.05, 0) is 31.7 Å². The van der Waals surface area contributed by atoms with Crippen LogP contribution in [0.5, 0.6) is 0 Å². The predicted octanol–water partition coefficient (Wildman–Crippen LogP) is 3.36. The predicted molar refractivity (Wildman–Crippen MR) is 57.9 cm³/mol. The lowest BCUT2D eigenvalue weighted by atomic mass is 9.89. The summed E-state index contributed by atoms with van der Waals surface area (Å²) in [5.41, 5.74) is -1.21. The topological polar surface area (TPSA) is 20.2 Å². The van der Waals surface area contributed by atoms with Gasteiger partial charge in [0.05, 0.1) is 5.60 Å². The molecule has 1 aromatic rings. The lowest BCUT2D eigenvalue weighted by Gasteiger charge is -2.24. The third-order valence-electron chi connectivity index (χ3n) is 3.27. The van der Waals surface area contributed by atoms with E-state index >= 15 is 0 Å². The molecule has 0 saturated heterocycles. The average molecular weight is 226 g/mol. The number of rotatable bonds is 4. The Kier molecular flexibility index (Phi) is 2.98. The first-order valence-corrected chi connectivity index (χ1v) is 5.67. The summed E-state index contributed by atoms with van der Waals surface area (Å²) in [4.78, 5) is 0. The molecule has 1 N–H and O–H groups in total. The van der Waals surface area contributed by atoms with Crippen LogP contribution in [0.3, 0.4) is 0 Å². The molecule has 1 saturated carbocycles. The van der Waals surface area contributed by atoms with E-state index in [1.54, 1.807) is 6.92 Å². The zero-order chi connectivity index (χ0) is 11.8. The number of benzene rings is 1. The van der Waals surface area contributed by atoms with Crippen molar-refractivity contribution in [3.05, 3.63) is 35.4 Å². The van der Waals surface area contributed by atoms with Gasteiger partial charge in [-0.1, -0.05) is 25.0 Å².